The molecule has 0 unspecified atom stereocenters. The molecule has 0 amide bonds. The fourth-order valence-electron chi connectivity index (χ4n) is 1.29. The van der Waals surface area contributed by atoms with E-state index in [0.717, 1.165) is 6.26 Å². The molecule has 0 bridgehead atoms. The number of anilines is 1. The van der Waals surface area contributed by atoms with E-state index in [1.807, 2.05) is 0 Å². The topological polar surface area (TPSA) is 139 Å². The van der Waals surface area contributed by atoms with Crippen LogP contribution in [0, 0.1) is 0 Å². The number of nitrogens with one attached hydrogen (secondary N) is 1. The maximum atomic E-state index is 11.7. The van der Waals surface area contributed by atoms with E-state index in [-0.39, 0.29) is 11.5 Å². The zero-order chi connectivity index (χ0) is 15.4. The molecular weight excluding hydrogens is 306 g/mol. The number of hydrogen-bond acceptors (Lipinski definition) is 6. The maximum Gasteiger partial charge on any atom is 0.233 e. The quantitative estimate of drug-likeness (QED) is 0.281. The van der Waals surface area contributed by atoms with Gasteiger partial charge >= 0.3 is 0 Å². The van der Waals surface area contributed by atoms with Crippen LogP contribution >= 0.6 is 0 Å². The molecule has 0 fully saturated rings. The predicted octanol–water partition coefficient (Wildman–Crippen LogP) is -0.433. The highest BCUT2D eigenvalue weighted by Gasteiger charge is 2.15. The van der Waals surface area contributed by atoms with Crippen LogP contribution in [0.2, 0.25) is 0 Å². The Morgan fingerprint density at radius 3 is 2.50 bits per heavy atom. The Morgan fingerprint density at radius 1 is 1.30 bits per heavy atom. The molecule has 1 aromatic rings. The molecule has 0 spiro atoms. The SMILES string of the molecule is CS(=O)(=O)CCS(=O)(=O)Nc1cccc(C(N)=NO)c1. The predicted molar refractivity (Wildman–Crippen MR) is 76.1 cm³/mol. The van der Waals surface area contributed by atoms with Crippen LogP contribution in [0.1, 0.15) is 5.56 Å². The van der Waals surface area contributed by atoms with Crippen molar-refractivity contribution in [2.75, 3.05) is 22.5 Å². The number of nitrogens with two attached hydrogens (primary N) is 1. The summed E-state index contributed by atoms with van der Waals surface area (Å²) < 4.78 is 47.6. The van der Waals surface area contributed by atoms with Crippen molar-refractivity contribution >= 4 is 31.4 Å². The number of hydrogen-bond donors (Lipinski definition) is 3. The van der Waals surface area contributed by atoms with E-state index in [4.69, 9.17) is 10.9 Å². The Kier molecular flexibility index (Phi) is 4.95. The molecule has 0 heterocycles. The third kappa shape index (κ3) is 5.45. The minimum absolute atomic E-state index is 0.165. The lowest BCUT2D eigenvalue weighted by Crippen LogP contribution is -2.22. The van der Waals surface area contributed by atoms with Gasteiger partial charge in [0.1, 0.15) is 9.84 Å². The zero-order valence-corrected chi connectivity index (χ0v) is 12.3. The van der Waals surface area contributed by atoms with E-state index in [2.05, 4.69) is 9.88 Å². The monoisotopic (exact) mass is 321 g/mol. The van der Waals surface area contributed by atoms with Crippen molar-refractivity contribution in [2.45, 2.75) is 0 Å². The largest absolute Gasteiger partial charge is 0.409 e. The molecule has 0 saturated carbocycles. The lowest BCUT2D eigenvalue weighted by atomic mass is 10.2. The van der Waals surface area contributed by atoms with Crippen LogP contribution in [0.15, 0.2) is 29.4 Å². The average Bonchev–Trinajstić information content (AvgIpc) is 2.35. The van der Waals surface area contributed by atoms with Gasteiger partial charge in [0.05, 0.1) is 11.5 Å². The van der Waals surface area contributed by atoms with Crippen molar-refractivity contribution in [3.63, 3.8) is 0 Å². The first-order valence-corrected chi connectivity index (χ1v) is 9.10. The smallest absolute Gasteiger partial charge is 0.233 e. The lowest BCUT2D eigenvalue weighted by molar-refractivity contribution is 0.318. The number of oxime groups is 1. The Morgan fingerprint density at radius 2 is 1.95 bits per heavy atom. The second-order valence-electron chi connectivity index (χ2n) is 4.12. The van der Waals surface area contributed by atoms with Crippen molar-refractivity contribution in [3.8, 4) is 0 Å². The Labute approximate surface area is 117 Å². The van der Waals surface area contributed by atoms with E-state index in [1.54, 1.807) is 0 Å². The van der Waals surface area contributed by atoms with Gasteiger partial charge in [-0.2, -0.15) is 0 Å². The van der Waals surface area contributed by atoms with E-state index in [0.29, 0.717) is 5.56 Å². The molecule has 0 radical (unpaired) electrons. The van der Waals surface area contributed by atoms with E-state index in [9.17, 15) is 16.8 Å². The molecule has 0 saturated heterocycles. The van der Waals surface area contributed by atoms with Gasteiger partial charge < -0.3 is 10.9 Å². The molecule has 1 aromatic carbocycles. The van der Waals surface area contributed by atoms with Crippen LogP contribution < -0.4 is 10.5 Å². The summed E-state index contributed by atoms with van der Waals surface area (Å²) in [5.74, 6) is -1.18. The summed E-state index contributed by atoms with van der Waals surface area (Å²) in [5, 5.41) is 11.3. The van der Waals surface area contributed by atoms with Crippen molar-refractivity contribution in [1.82, 2.24) is 0 Å². The van der Waals surface area contributed by atoms with Gasteiger partial charge in [-0.15, -0.1) is 0 Å². The van der Waals surface area contributed by atoms with Gasteiger partial charge in [-0.3, -0.25) is 4.72 Å². The molecule has 0 aliphatic rings. The maximum absolute atomic E-state index is 11.7. The summed E-state index contributed by atoms with van der Waals surface area (Å²) in [6, 6.07) is 5.88. The minimum atomic E-state index is -3.79. The first kappa shape index (κ1) is 16.2. The zero-order valence-electron chi connectivity index (χ0n) is 10.6. The molecule has 0 atom stereocenters. The first-order chi connectivity index (χ1) is 9.13. The summed E-state index contributed by atoms with van der Waals surface area (Å²) in [5.41, 5.74) is 5.91. The van der Waals surface area contributed by atoms with Gasteiger partial charge in [0.15, 0.2) is 5.84 Å². The van der Waals surface area contributed by atoms with E-state index in [1.165, 1.54) is 24.3 Å². The Hall–Kier alpha value is -1.81. The highest BCUT2D eigenvalue weighted by atomic mass is 32.2. The van der Waals surface area contributed by atoms with Crippen molar-refractivity contribution in [3.05, 3.63) is 29.8 Å². The van der Waals surface area contributed by atoms with Gasteiger partial charge in [-0.25, -0.2) is 16.8 Å². The Balaban J connectivity index is 2.88. The third-order valence-corrected chi connectivity index (χ3v) is 4.75. The first-order valence-electron chi connectivity index (χ1n) is 5.39. The number of benzene rings is 1. The van der Waals surface area contributed by atoms with E-state index >= 15 is 0 Å². The van der Waals surface area contributed by atoms with Gasteiger partial charge in [0.25, 0.3) is 0 Å². The fraction of sp³-hybridized carbons (Fsp3) is 0.300. The molecule has 8 nitrogen and oxygen atoms in total. The standard InChI is InChI=1S/C10H15N3O5S2/c1-19(15,16)5-6-20(17,18)13-9-4-2-3-8(7-9)10(11)12-14/h2-4,7,13-14H,5-6H2,1H3,(H2,11,12). The summed E-state index contributed by atoms with van der Waals surface area (Å²) in [7, 11) is -7.16. The second-order valence-corrected chi connectivity index (χ2v) is 8.22. The molecule has 1 rings (SSSR count). The average molecular weight is 321 g/mol. The van der Waals surface area contributed by atoms with Crippen LogP contribution in [-0.2, 0) is 19.9 Å². The fourth-order valence-corrected chi connectivity index (χ4v) is 3.97. The number of sulfone groups is 1. The number of sulfonamides is 1. The highest BCUT2D eigenvalue weighted by Crippen LogP contribution is 2.12. The van der Waals surface area contributed by atoms with Gasteiger partial charge in [0, 0.05) is 17.5 Å². The van der Waals surface area contributed by atoms with Gasteiger partial charge in [-0.05, 0) is 12.1 Å². The van der Waals surface area contributed by atoms with Crippen LogP contribution in [0.4, 0.5) is 5.69 Å². The molecule has 0 aliphatic heterocycles. The van der Waals surface area contributed by atoms with Crippen molar-refractivity contribution in [1.29, 1.82) is 0 Å². The van der Waals surface area contributed by atoms with Gasteiger partial charge in [-0.1, -0.05) is 17.3 Å². The van der Waals surface area contributed by atoms with Gasteiger partial charge in [0.2, 0.25) is 10.0 Å². The molecule has 0 aromatic heterocycles. The minimum Gasteiger partial charge on any atom is -0.409 e. The third-order valence-electron chi connectivity index (χ3n) is 2.26. The summed E-state index contributed by atoms with van der Waals surface area (Å²) >= 11 is 0. The molecule has 4 N–H and O–H groups in total. The van der Waals surface area contributed by atoms with E-state index < -0.39 is 31.4 Å². The summed E-state index contributed by atoms with van der Waals surface area (Å²) in [6.07, 6.45) is 0.960. The Bertz CT molecular complexity index is 710. The molecule has 20 heavy (non-hydrogen) atoms. The normalized spacial score (nSPS) is 13.2. The highest BCUT2D eigenvalue weighted by molar-refractivity contribution is 7.95. The molecule has 0 aliphatic carbocycles. The van der Waals surface area contributed by atoms with Crippen LogP contribution in [0.25, 0.3) is 0 Å². The summed E-state index contributed by atoms with van der Waals surface area (Å²) in [6.45, 7) is 0. The number of nitrogens with zero attached hydrogens (tertiary/aromatic N) is 1. The summed E-state index contributed by atoms with van der Waals surface area (Å²) in [4.78, 5) is 0. The second kappa shape index (κ2) is 6.09. The van der Waals surface area contributed by atoms with Crippen molar-refractivity contribution < 1.29 is 22.0 Å². The molecular formula is C10H15N3O5S2. The number of rotatable bonds is 6. The van der Waals surface area contributed by atoms with Crippen LogP contribution in [0.5, 0.6) is 0 Å². The number of amidine groups is 1. The lowest BCUT2D eigenvalue weighted by Gasteiger charge is -2.08. The molecule has 10 heteroatoms. The van der Waals surface area contributed by atoms with Crippen LogP contribution in [-0.4, -0.2) is 45.6 Å². The van der Waals surface area contributed by atoms with Crippen molar-refractivity contribution in [2.24, 2.45) is 10.9 Å². The molecule has 112 valence electrons. The van der Waals surface area contributed by atoms with Crippen LogP contribution in [0.3, 0.4) is 0 Å².